The molecule has 198 valence electrons. The first-order valence-corrected chi connectivity index (χ1v) is 12.6. The summed E-state index contributed by atoms with van der Waals surface area (Å²) in [6.07, 6.45) is -0.660. The van der Waals surface area contributed by atoms with Crippen LogP contribution in [0.15, 0.2) is 66.7 Å². The van der Waals surface area contributed by atoms with Crippen LogP contribution in [0.5, 0.6) is 11.5 Å². The van der Waals surface area contributed by atoms with Crippen molar-refractivity contribution in [3.8, 4) is 11.5 Å². The lowest BCUT2D eigenvalue weighted by atomic mass is 10.1. The Morgan fingerprint density at radius 3 is 2.32 bits per heavy atom. The fraction of sp³-hybridized carbons (Fsp3) is 0.367. The van der Waals surface area contributed by atoms with Gasteiger partial charge in [-0.2, -0.15) is 0 Å². The first kappa shape index (κ1) is 28.5. The predicted molar refractivity (Wildman–Crippen MR) is 151 cm³/mol. The second-order valence-electron chi connectivity index (χ2n) is 9.51. The van der Waals surface area contributed by atoms with Gasteiger partial charge in [0.1, 0.15) is 30.8 Å². The fourth-order valence-corrected chi connectivity index (χ4v) is 4.39. The van der Waals surface area contributed by atoms with E-state index in [2.05, 4.69) is 41.8 Å². The molecule has 3 aromatic carbocycles. The molecular weight excluding hydrogens is 488 g/mol. The molecule has 1 heterocycles. The summed E-state index contributed by atoms with van der Waals surface area (Å²) >= 11 is 0. The minimum Gasteiger partial charge on any atom is -0.490 e. The van der Waals surface area contributed by atoms with Crippen molar-refractivity contribution in [1.29, 1.82) is 0 Å². The van der Waals surface area contributed by atoms with Crippen LogP contribution in [-0.4, -0.2) is 61.2 Å². The third kappa shape index (κ3) is 7.96. The van der Waals surface area contributed by atoms with Gasteiger partial charge in [0.05, 0.1) is 5.56 Å². The van der Waals surface area contributed by atoms with Crippen molar-refractivity contribution in [2.45, 2.75) is 33.5 Å². The normalized spacial score (nSPS) is 14.5. The van der Waals surface area contributed by atoms with Crippen molar-refractivity contribution in [3.05, 3.63) is 89.0 Å². The number of nitrogens with zero attached hydrogens (tertiary/aromatic N) is 2. The minimum atomic E-state index is -0.660. The summed E-state index contributed by atoms with van der Waals surface area (Å²) in [5.41, 5.74) is 5.41. The molecule has 0 aliphatic carbocycles. The third-order valence-corrected chi connectivity index (χ3v) is 6.71. The Morgan fingerprint density at radius 2 is 1.65 bits per heavy atom. The number of carbonyl (C=O) groups is 1. The number of aliphatic hydroxyl groups is 1. The molecule has 1 saturated heterocycles. The minimum absolute atomic E-state index is 0. The Labute approximate surface area is 226 Å². The highest BCUT2D eigenvalue weighted by Crippen LogP contribution is 2.27. The molecule has 0 spiro atoms. The number of aliphatic hydroxyl groups excluding tert-OH is 1. The molecule has 3 aromatic rings. The van der Waals surface area contributed by atoms with Crippen molar-refractivity contribution in [2.24, 2.45) is 0 Å². The molecule has 37 heavy (non-hydrogen) atoms. The van der Waals surface area contributed by atoms with Gasteiger partial charge in [-0.1, -0.05) is 36.4 Å². The number of rotatable bonds is 10. The molecule has 1 aliphatic rings. The van der Waals surface area contributed by atoms with Gasteiger partial charge in [0.15, 0.2) is 5.78 Å². The molecule has 6 nitrogen and oxygen atoms in total. The number of benzene rings is 3. The number of piperazine rings is 1. The molecule has 1 fully saturated rings. The highest BCUT2D eigenvalue weighted by Gasteiger charge is 2.21. The second kappa shape index (κ2) is 13.5. The van der Waals surface area contributed by atoms with E-state index in [0.717, 1.165) is 31.7 Å². The fourth-order valence-electron chi connectivity index (χ4n) is 4.39. The van der Waals surface area contributed by atoms with Crippen LogP contribution in [0, 0.1) is 13.8 Å². The van der Waals surface area contributed by atoms with Crippen molar-refractivity contribution >= 4 is 23.9 Å². The lowest BCUT2D eigenvalue weighted by molar-refractivity contribution is 0.0655. The highest BCUT2D eigenvalue weighted by molar-refractivity contribution is 5.97. The van der Waals surface area contributed by atoms with E-state index in [0.29, 0.717) is 30.2 Å². The molecule has 4 rings (SSSR count). The van der Waals surface area contributed by atoms with Crippen LogP contribution in [0.4, 0.5) is 5.69 Å². The van der Waals surface area contributed by atoms with Crippen molar-refractivity contribution < 1.29 is 19.4 Å². The van der Waals surface area contributed by atoms with E-state index < -0.39 is 6.10 Å². The van der Waals surface area contributed by atoms with Crippen LogP contribution in [0.3, 0.4) is 0 Å². The molecule has 1 atom stereocenters. The van der Waals surface area contributed by atoms with Gasteiger partial charge in [0, 0.05) is 44.5 Å². The number of hydrogen-bond donors (Lipinski definition) is 1. The van der Waals surface area contributed by atoms with Crippen molar-refractivity contribution in [3.63, 3.8) is 0 Å². The predicted octanol–water partition coefficient (Wildman–Crippen LogP) is 5.07. The maximum atomic E-state index is 12.1. The Kier molecular flexibility index (Phi) is 10.4. The molecular formula is C30H37ClN2O4. The number of hydrogen-bond acceptors (Lipinski definition) is 6. The van der Waals surface area contributed by atoms with Crippen molar-refractivity contribution in [1.82, 2.24) is 4.90 Å². The Bertz CT molecular complexity index is 1160. The zero-order chi connectivity index (χ0) is 25.5. The third-order valence-electron chi connectivity index (χ3n) is 6.71. The molecule has 1 N–H and O–H groups in total. The Morgan fingerprint density at radius 1 is 0.919 bits per heavy atom. The zero-order valence-electron chi connectivity index (χ0n) is 21.9. The number of carbonyl (C=O) groups excluding carboxylic acids is 1. The molecule has 7 heteroatoms. The standard InChI is InChI=1S/C30H36N2O4.ClH/c1-22-9-10-26(17-23(22)2)32-15-13-31(14-16-32)19-27(34)21-36-30-18-28(11-12-29(30)24(3)33)35-20-25-7-5-4-6-8-25;/h4-12,17-18,27,34H,13-16,19-21H2,1-3H3;1H. The van der Waals surface area contributed by atoms with Crippen molar-refractivity contribution in [2.75, 3.05) is 44.2 Å². The Balaban J connectivity index is 0.00000380. The van der Waals surface area contributed by atoms with Gasteiger partial charge in [-0.25, -0.2) is 0 Å². The number of ketones is 1. The summed E-state index contributed by atoms with van der Waals surface area (Å²) in [5, 5.41) is 10.7. The highest BCUT2D eigenvalue weighted by atomic mass is 35.5. The van der Waals surface area contributed by atoms with E-state index in [1.165, 1.54) is 23.7 Å². The van der Waals surface area contributed by atoms with Gasteiger partial charge >= 0.3 is 0 Å². The van der Waals surface area contributed by atoms with Crippen LogP contribution in [0.1, 0.15) is 34.0 Å². The summed E-state index contributed by atoms with van der Waals surface area (Å²) < 4.78 is 11.8. The summed E-state index contributed by atoms with van der Waals surface area (Å²) in [6, 6.07) is 21.7. The molecule has 1 unspecified atom stereocenters. The largest absolute Gasteiger partial charge is 0.490 e. The summed E-state index contributed by atoms with van der Waals surface area (Å²) in [4.78, 5) is 16.8. The van der Waals surface area contributed by atoms with Crippen LogP contribution < -0.4 is 14.4 Å². The first-order valence-electron chi connectivity index (χ1n) is 12.6. The number of ether oxygens (including phenoxy) is 2. The van der Waals surface area contributed by atoms with Crippen LogP contribution in [-0.2, 0) is 6.61 Å². The monoisotopic (exact) mass is 524 g/mol. The zero-order valence-corrected chi connectivity index (χ0v) is 22.7. The van der Waals surface area contributed by atoms with E-state index >= 15 is 0 Å². The molecule has 0 aromatic heterocycles. The van der Waals surface area contributed by atoms with Gasteiger partial charge in [-0.05, 0) is 61.7 Å². The first-order chi connectivity index (χ1) is 17.4. The van der Waals surface area contributed by atoms with Gasteiger partial charge in [-0.15, -0.1) is 12.4 Å². The van der Waals surface area contributed by atoms with Crippen LogP contribution in [0.2, 0.25) is 0 Å². The van der Waals surface area contributed by atoms with E-state index in [1.54, 1.807) is 18.2 Å². The number of β-amino-alcohol motifs (C(OH)–C–C–N with tert-alkyl or cyclic N) is 1. The lowest BCUT2D eigenvalue weighted by Gasteiger charge is -2.37. The van der Waals surface area contributed by atoms with Gasteiger partial charge in [0.2, 0.25) is 0 Å². The molecule has 0 amide bonds. The average Bonchev–Trinajstić information content (AvgIpc) is 2.89. The summed E-state index contributed by atoms with van der Waals surface area (Å²) in [6.45, 7) is 10.5. The smallest absolute Gasteiger partial charge is 0.163 e. The number of halogens is 1. The molecule has 0 radical (unpaired) electrons. The maximum Gasteiger partial charge on any atom is 0.163 e. The average molecular weight is 525 g/mol. The molecule has 1 aliphatic heterocycles. The SMILES string of the molecule is CC(=O)c1ccc(OCc2ccccc2)cc1OCC(O)CN1CCN(c2ccc(C)c(C)c2)CC1.Cl. The van der Waals surface area contributed by atoms with Crippen LogP contribution >= 0.6 is 12.4 Å². The van der Waals surface area contributed by atoms with E-state index in [-0.39, 0.29) is 24.8 Å². The number of anilines is 1. The summed E-state index contributed by atoms with van der Waals surface area (Å²) in [5.74, 6) is 0.971. The maximum absolute atomic E-state index is 12.1. The van der Waals surface area contributed by atoms with Gasteiger partial charge in [-0.3, -0.25) is 9.69 Å². The number of Topliss-reactive ketones (excluding diaryl/α,β-unsaturated/α-hetero) is 1. The lowest BCUT2D eigenvalue weighted by Crippen LogP contribution is -2.49. The second-order valence-corrected chi connectivity index (χ2v) is 9.51. The van der Waals surface area contributed by atoms with Gasteiger partial charge in [0.25, 0.3) is 0 Å². The van der Waals surface area contributed by atoms with E-state index in [1.807, 2.05) is 30.3 Å². The van der Waals surface area contributed by atoms with Crippen LogP contribution in [0.25, 0.3) is 0 Å². The molecule has 0 bridgehead atoms. The topological polar surface area (TPSA) is 62.2 Å². The van der Waals surface area contributed by atoms with E-state index in [4.69, 9.17) is 9.47 Å². The van der Waals surface area contributed by atoms with E-state index in [9.17, 15) is 9.90 Å². The summed E-state index contributed by atoms with van der Waals surface area (Å²) in [7, 11) is 0. The molecule has 0 saturated carbocycles. The van der Waals surface area contributed by atoms with Gasteiger partial charge < -0.3 is 19.5 Å². The number of aryl methyl sites for hydroxylation is 2. The Hall–Kier alpha value is -3.06. The quantitative estimate of drug-likeness (QED) is 0.374.